The molecule has 0 amide bonds. The average molecular weight is 272 g/mol. The Labute approximate surface area is 123 Å². The zero-order valence-electron chi connectivity index (χ0n) is 11.7. The summed E-state index contributed by atoms with van der Waals surface area (Å²) in [5, 5.41) is 2.56. The smallest absolute Gasteiger partial charge is 0.0704 e. The van der Waals surface area contributed by atoms with Crippen LogP contribution in [0.25, 0.3) is 21.8 Å². The van der Waals surface area contributed by atoms with Crippen molar-refractivity contribution in [3.8, 4) is 0 Å². The molecular formula is C19H16N2. The van der Waals surface area contributed by atoms with E-state index in [-0.39, 0.29) is 0 Å². The quantitative estimate of drug-likeness (QED) is 0.539. The molecule has 0 aliphatic heterocycles. The molecule has 0 aliphatic carbocycles. The molecule has 0 saturated carbocycles. The summed E-state index contributed by atoms with van der Waals surface area (Å²) in [6, 6.07) is 21.2. The summed E-state index contributed by atoms with van der Waals surface area (Å²) in [5.74, 6) is 0. The predicted octanol–water partition coefficient (Wildman–Crippen LogP) is 4.43. The van der Waals surface area contributed by atoms with Crippen molar-refractivity contribution in [3.63, 3.8) is 0 Å². The van der Waals surface area contributed by atoms with Gasteiger partial charge in [0.1, 0.15) is 0 Å². The van der Waals surface area contributed by atoms with Crippen molar-refractivity contribution in [1.29, 1.82) is 0 Å². The first kappa shape index (κ1) is 12.2. The Bertz CT molecular complexity index is 900. The summed E-state index contributed by atoms with van der Waals surface area (Å²) in [6.45, 7) is 0.988. The molecule has 2 heterocycles. The van der Waals surface area contributed by atoms with Gasteiger partial charge in [0.25, 0.3) is 0 Å². The molecule has 0 saturated heterocycles. The summed E-state index contributed by atoms with van der Waals surface area (Å²) >= 11 is 0. The lowest BCUT2D eigenvalue weighted by atomic mass is 10.1. The third kappa shape index (κ3) is 2.19. The van der Waals surface area contributed by atoms with Gasteiger partial charge in [-0.1, -0.05) is 36.4 Å². The Balaban J connectivity index is 1.67. The number of fused-ring (bicyclic) bond motifs is 2. The van der Waals surface area contributed by atoms with Crippen molar-refractivity contribution in [1.82, 2.24) is 9.55 Å². The number of rotatable bonds is 3. The first-order valence-electron chi connectivity index (χ1n) is 7.28. The van der Waals surface area contributed by atoms with E-state index in [2.05, 4.69) is 70.3 Å². The van der Waals surface area contributed by atoms with Crippen molar-refractivity contribution < 1.29 is 0 Å². The highest BCUT2D eigenvalue weighted by Crippen LogP contribution is 2.19. The Kier molecular flexibility index (Phi) is 2.93. The summed E-state index contributed by atoms with van der Waals surface area (Å²) < 4.78 is 2.32. The van der Waals surface area contributed by atoms with Gasteiger partial charge in [-0.3, -0.25) is 4.98 Å². The molecule has 2 heteroatoms. The summed E-state index contributed by atoms with van der Waals surface area (Å²) in [4.78, 5) is 4.43. The number of hydrogen-bond donors (Lipinski definition) is 0. The van der Waals surface area contributed by atoms with Crippen LogP contribution >= 0.6 is 0 Å². The van der Waals surface area contributed by atoms with E-state index in [0.29, 0.717) is 0 Å². The highest BCUT2D eigenvalue weighted by atomic mass is 14.9. The zero-order chi connectivity index (χ0) is 14.1. The standard InChI is InChI=1S/C19H16N2/c1-4-8-19-16(5-1)11-14-21(19)13-10-15-9-12-20-18-7-3-2-6-17(15)18/h1-9,11-12,14H,10,13H2. The van der Waals surface area contributed by atoms with Crippen LogP contribution < -0.4 is 0 Å². The van der Waals surface area contributed by atoms with Crippen LogP contribution in [0.3, 0.4) is 0 Å². The van der Waals surface area contributed by atoms with Crippen molar-refractivity contribution in [2.75, 3.05) is 0 Å². The van der Waals surface area contributed by atoms with Crippen molar-refractivity contribution in [3.05, 3.63) is 78.6 Å². The molecule has 2 aromatic carbocycles. The van der Waals surface area contributed by atoms with E-state index in [1.807, 2.05) is 12.3 Å². The molecule has 2 nitrogen and oxygen atoms in total. The number of aryl methyl sites for hydroxylation is 2. The van der Waals surface area contributed by atoms with E-state index in [9.17, 15) is 0 Å². The van der Waals surface area contributed by atoms with Crippen LogP contribution in [-0.2, 0) is 13.0 Å². The van der Waals surface area contributed by atoms with Gasteiger partial charge in [-0.15, -0.1) is 0 Å². The number of aromatic nitrogens is 2. The van der Waals surface area contributed by atoms with Gasteiger partial charge in [-0.05, 0) is 41.6 Å². The second-order valence-electron chi connectivity index (χ2n) is 5.31. The van der Waals surface area contributed by atoms with Crippen LogP contribution in [-0.4, -0.2) is 9.55 Å². The fraction of sp³-hybridized carbons (Fsp3) is 0.105. The van der Waals surface area contributed by atoms with Gasteiger partial charge >= 0.3 is 0 Å². The van der Waals surface area contributed by atoms with Gasteiger partial charge in [0.2, 0.25) is 0 Å². The predicted molar refractivity (Wildman–Crippen MR) is 87.4 cm³/mol. The van der Waals surface area contributed by atoms with Gasteiger partial charge in [0.05, 0.1) is 5.52 Å². The van der Waals surface area contributed by atoms with E-state index >= 15 is 0 Å². The largest absolute Gasteiger partial charge is 0.347 e. The number of benzene rings is 2. The van der Waals surface area contributed by atoms with Gasteiger partial charge in [-0.25, -0.2) is 0 Å². The average Bonchev–Trinajstić information content (AvgIpc) is 2.96. The number of pyridine rings is 1. The van der Waals surface area contributed by atoms with E-state index in [4.69, 9.17) is 0 Å². The molecular weight excluding hydrogens is 256 g/mol. The summed E-state index contributed by atoms with van der Waals surface area (Å²) in [5.41, 5.74) is 3.74. The third-order valence-corrected chi connectivity index (χ3v) is 4.04. The normalized spacial score (nSPS) is 11.2. The molecule has 0 atom stereocenters. The minimum Gasteiger partial charge on any atom is -0.347 e. The molecule has 4 aromatic rings. The molecule has 0 spiro atoms. The molecule has 0 N–H and O–H groups in total. The maximum absolute atomic E-state index is 4.43. The zero-order valence-corrected chi connectivity index (χ0v) is 11.7. The Morgan fingerprint density at radius 1 is 0.857 bits per heavy atom. The molecule has 21 heavy (non-hydrogen) atoms. The van der Waals surface area contributed by atoms with E-state index in [1.54, 1.807) is 0 Å². The third-order valence-electron chi connectivity index (χ3n) is 4.04. The second-order valence-corrected chi connectivity index (χ2v) is 5.31. The second kappa shape index (κ2) is 5.06. The fourth-order valence-electron chi connectivity index (χ4n) is 2.95. The number of para-hydroxylation sites is 2. The lowest BCUT2D eigenvalue weighted by Gasteiger charge is -2.08. The van der Waals surface area contributed by atoms with E-state index in [0.717, 1.165) is 18.5 Å². The molecule has 0 unspecified atom stereocenters. The van der Waals surface area contributed by atoms with Crippen molar-refractivity contribution in [2.45, 2.75) is 13.0 Å². The SMILES string of the molecule is c1ccc2c(c1)ccn2CCc1ccnc2ccccc12. The van der Waals surface area contributed by atoms with E-state index in [1.165, 1.54) is 21.9 Å². The first-order valence-corrected chi connectivity index (χ1v) is 7.28. The molecule has 0 bridgehead atoms. The first-order chi connectivity index (χ1) is 10.4. The minimum atomic E-state index is 0.988. The van der Waals surface area contributed by atoms with Crippen LogP contribution in [0.4, 0.5) is 0 Å². The highest BCUT2D eigenvalue weighted by Gasteiger charge is 2.03. The van der Waals surface area contributed by atoms with E-state index < -0.39 is 0 Å². The van der Waals surface area contributed by atoms with Gasteiger partial charge in [0.15, 0.2) is 0 Å². The number of nitrogens with zero attached hydrogens (tertiary/aromatic N) is 2. The maximum atomic E-state index is 4.43. The van der Waals surface area contributed by atoms with Crippen molar-refractivity contribution in [2.24, 2.45) is 0 Å². The monoisotopic (exact) mass is 272 g/mol. The molecule has 0 fully saturated rings. The molecule has 0 radical (unpaired) electrons. The molecule has 2 aromatic heterocycles. The summed E-state index contributed by atoms with van der Waals surface area (Å²) in [6.07, 6.45) is 5.10. The van der Waals surface area contributed by atoms with Crippen LogP contribution in [0.15, 0.2) is 73.1 Å². The van der Waals surface area contributed by atoms with Crippen molar-refractivity contribution >= 4 is 21.8 Å². The Morgan fingerprint density at radius 2 is 1.71 bits per heavy atom. The van der Waals surface area contributed by atoms with Crippen LogP contribution in [0.1, 0.15) is 5.56 Å². The van der Waals surface area contributed by atoms with Crippen LogP contribution in [0.2, 0.25) is 0 Å². The molecule has 0 aliphatic rings. The lowest BCUT2D eigenvalue weighted by molar-refractivity contribution is 0.725. The van der Waals surface area contributed by atoms with Gasteiger partial charge in [0, 0.05) is 29.8 Å². The highest BCUT2D eigenvalue weighted by molar-refractivity contribution is 5.82. The Hall–Kier alpha value is -2.61. The Morgan fingerprint density at radius 3 is 2.71 bits per heavy atom. The van der Waals surface area contributed by atoms with Gasteiger partial charge in [-0.2, -0.15) is 0 Å². The topological polar surface area (TPSA) is 17.8 Å². The minimum absolute atomic E-state index is 0.988. The van der Waals surface area contributed by atoms with Gasteiger partial charge < -0.3 is 4.57 Å². The lowest BCUT2D eigenvalue weighted by Crippen LogP contribution is -2.00. The maximum Gasteiger partial charge on any atom is 0.0704 e. The van der Waals surface area contributed by atoms with Crippen LogP contribution in [0.5, 0.6) is 0 Å². The molecule has 102 valence electrons. The molecule has 4 rings (SSSR count). The summed E-state index contributed by atoms with van der Waals surface area (Å²) in [7, 11) is 0. The van der Waals surface area contributed by atoms with Crippen LogP contribution in [0, 0.1) is 0 Å². The number of hydrogen-bond acceptors (Lipinski definition) is 1. The fourth-order valence-corrected chi connectivity index (χ4v) is 2.95.